The monoisotopic (exact) mass is 451 g/mol. The van der Waals surface area contributed by atoms with Crippen LogP contribution in [0, 0.1) is 5.92 Å². The highest BCUT2D eigenvalue weighted by Crippen LogP contribution is 2.55. The molecule has 0 radical (unpaired) electrons. The molecule has 2 aromatic carbocycles. The van der Waals surface area contributed by atoms with Gasteiger partial charge in [-0.15, -0.1) is 11.8 Å². The molecule has 0 saturated carbocycles. The number of carboxylic acid groups (broad SMARTS) is 1. The van der Waals surface area contributed by atoms with Gasteiger partial charge in [0.25, 0.3) is 5.52 Å². The molecule has 1 amide bonds. The number of amides is 1. The Morgan fingerprint density at radius 1 is 1.09 bits per heavy atom. The number of benzene rings is 2. The minimum absolute atomic E-state index is 0.0835. The summed E-state index contributed by atoms with van der Waals surface area (Å²) in [5, 5.41) is 29.7. The first-order valence-electron chi connectivity index (χ1n) is 10.5. The van der Waals surface area contributed by atoms with Crippen molar-refractivity contribution in [2.75, 3.05) is 6.61 Å². The largest absolute Gasteiger partial charge is 0.502 e. The van der Waals surface area contributed by atoms with E-state index >= 15 is 0 Å². The first-order chi connectivity index (χ1) is 15.5. The van der Waals surface area contributed by atoms with Crippen molar-refractivity contribution in [2.24, 2.45) is 5.92 Å². The summed E-state index contributed by atoms with van der Waals surface area (Å²) in [6.07, 6.45) is 2.28. The van der Waals surface area contributed by atoms with Crippen molar-refractivity contribution >= 4 is 34.5 Å². The number of aliphatic hydroxyl groups excluding tert-OH is 1. The van der Waals surface area contributed by atoms with Crippen LogP contribution in [0.2, 0.25) is 0 Å². The molecule has 2 unspecified atom stereocenters. The third kappa shape index (κ3) is 3.30. The molecule has 0 aliphatic carbocycles. The number of nitrogens with zero attached hydrogens (tertiary/aromatic N) is 2. The molecule has 4 atom stereocenters. The predicted molar refractivity (Wildman–Crippen MR) is 119 cm³/mol. The van der Waals surface area contributed by atoms with Gasteiger partial charge in [0.2, 0.25) is 5.91 Å². The van der Waals surface area contributed by atoms with Gasteiger partial charge in [0.05, 0.1) is 21.9 Å². The maximum Gasteiger partial charge on any atom is 0.327 e. The van der Waals surface area contributed by atoms with E-state index in [-0.39, 0.29) is 34.8 Å². The number of aliphatic carboxylic acids is 1. The number of phenolic OH excluding ortho intramolecular Hbond substituents is 1. The number of hydrogen-bond donors (Lipinski definition) is 3. The second-order valence-electron chi connectivity index (χ2n) is 8.19. The fourth-order valence-corrected chi connectivity index (χ4v) is 6.57. The Morgan fingerprint density at radius 3 is 2.56 bits per heavy atom. The normalized spacial score (nSPS) is 24.4. The van der Waals surface area contributed by atoms with Crippen molar-refractivity contribution in [3.8, 4) is 5.75 Å². The van der Waals surface area contributed by atoms with E-state index in [1.54, 1.807) is 6.07 Å². The summed E-state index contributed by atoms with van der Waals surface area (Å²) in [4.78, 5) is 25.9. The molecule has 5 rings (SSSR count). The molecule has 3 aromatic rings. The number of hydrogen-bond acceptors (Lipinski definition) is 5. The number of aromatic hydroxyl groups is 1. The first kappa shape index (κ1) is 20.8. The van der Waals surface area contributed by atoms with E-state index in [1.807, 2.05) is 59.3 Å². The van der Waals surface area contributed by atoms with Gasteiger partial charge >= 0.3 is 5.97 Å². The molecule has 0 bridgehead atoms. The molecular weight excluding hydrogens is 428 g/mol. The Labute approximate surface area is 188 Å². The maximum absolute atomic E-state index is 12.4. The van der Waals surface area contributed by atoms with E-state index in [1.165, 1.54) is 16.7 Å². The SMILES string of the molecule is O=C(O)C1C(c2ccc(C[n+]3cccc4cccc(O)c43)cc2)S[C@@H]2[C@@H](CCO)C(=O)N12. The quantitative estimate of drug-likeness (QED) is 0.393. The molecule has 2 aliphatic heterocycles. The van der Waals surface area contributed by atoms with E-state index in [2.05, 4.69) is 0 Å². The predicted octanol–water partition coefficient (Wildman–Crippen LogP) is 2.29. The van der Waals surface area contributed by atoms with Crippen LogP contribution < -0.4 is 4.57 Å². The number of aliphatic hydroxyl groups is 1. The number of pyridine rings is 1. The zero-order valence-corrected chi connectivity index (χ0v) is 18.0. The molecule has 32 heavy (non-hydrogen) atoms. The van der Waals surface area contributed by atoms with Crippen molar-refractivity contribution in [1.29, 1.82) is 0 Å². The summed E-state index contributed by atoms with van der Waals surface area (Å²) in [6.45, 7) is 0.473. The number of carbonyl (C=O) groups is 2. The molecular formula is C24H23N2O5S+. The van der Waals surface area contributed by atoms with Crippen molar-refractivity contribution in [2.45, 2.75) is 29.6 Å². The topological polar surface area (TPSA) is 102 Å². The average molecular weight is 452 g/mol. The van der Waals surface area contributed by atoms with Gasteiger partial charge < -0.3 is 20.2 Å². The number of rotatable bonds is 6. The minimum Gasteiger partial charge on any atom is -0.502 e. The number of carbonyl (C=O) groups excluding carboxylic acids is 1. The lowest BCUT2D eigenvalue weighted by Gasteiger charge is -2.43. The lowest BCUT2D eigenvalue weighted by atomic mass is 9.91. The summed E-state index contributed by atoms with van der Waals surface area (Å²) in [5.41, 5.74) is 2.64. The average Bonchev–Trinajstić information content (AvgIpc) is 3.15. The summed E-state index contributed by atoms with van der Waals surface area (Å²) >= 11 is 1.49. The van der Waals surface area contributed by atoms with Crippen LogP contribution in [0.15, 0.2) is 60.8 Å². The zero-order valence-electron chi connectivity index (χ0n) is 17.2. The third-order valence-electron chi connectivity index (χ3n) is 6.29. The molecule has 7 nitrogen and oxygen atoms in total. The van der Waals surface area contributed by atoms with Gasteiger partial charge in [-0.2, -0.15) is 4.57 Å². The molecule has 2 saturated heterocycles. The fourth-order valence-electron chi connectivity index (χ4n) is 4.75. The van der Waals surface area contributed by atoms with Crippen LogP contribution in [0.3, 0.4) is 0 Å². The number of β-lactam (4-membered cyclic amide) rings is 1. The van der Waals surface area contributed by atoms with Gasteiger partial charge in [-0.05, 0) is 30.2 Å². The van der Waals surface area contributed by atoms with Crippen LogP contribution in [0.1, 0.15) is 22.8 Å². The second-order valence-corrected chi connectivity index (χ2v) is 9.45. The molecule has 2 fully saturated rings. The van der Waals surface area contributed by atoms with Gasteiger partial charge in [0.15, 0.2) is 18.5 Å². The molecule has 1 aromatic heterocycles. The maximum atomic E-state index is 12.4. The van der Waals surface area contributed by atoms with Gasteiger partial charge in [-0.3, -0.25) is 4.79 Å². The fraction of sp³-hybridized carbons (Fsp3) is 0.292. The second kappa shape index (κ2) is 8.11. The highest BCUT2D eigenvalue weighted by molar-refractivity contribution is 8.00. The van der Waals surface area contributed by atoms with Crippen LogP contribution >= 0.6 is 11.8 Å². The Hall–Kier alpha value is -3.10. The van der Waals surface area contributed by atoms with Crippen molar-refractivity contribution < 1.29 is 29.5 Å². The van der Waals surface area contributed by atoms with Crippen LogP contribution in [-0.2, 0) is 16.1 Å². The number of phenols is 1. The van der Waals surface area contributed by atoms with E-state index in [9.17, 15) is 24.9 Å². The van der Waals surface area contributed by atoms with Crippen LogP contribution in [-0.4, -0.2) is 50.1 Å². The zero-order chi connectivity index (χ0) is 22.4. The van der Waals surface area contributed by atoms with Gasteiger partial charge in [-0.25, -0.2) is 4.79 Å². The Balaban J connectivity index is 1.39. The highest BCUT2D eigenvalue weighted by Gasteiger charge is 2.60. The third-order valence-corrected chi connectivity index (χ3v) is 7.95. The first-order valence-corrected chi connectivity index (χ1v) is 11.4. The van der Waals surface area contributed by atoms with Gasteiger partial charge in [0, 0.05) is 18.2 Å². The Bertz CT molecular complexity index is 1190. The van der Waals surface area contributed by atoms with Crippen LogP contribution in [0.5, 0.6) is 5.75 Å². The van der Waals surface area contributed by atoms with E-state index in [0.717, 1.165) is 22.0 Å². The molecule has 3 N–H and O–H groups in total. The van der Waals surface area contributed by atoms with Crippen molar-refractivity contribution in [3.63, 3.8) is 0 Å². The number of para-hydroxylation sites is 1. The number of aromatic nitrogens is 1. The molecule has 3 heterocycles. The molecule has 0 spiro atoms. The van der Waals surface area contributed by atoms with Gasteiger partial charge in [0.1, 0.15) is 6.04 Å². The lowest BCUT2D eigenvalue weighted by molar-refractivity contribution is -0.662. The molecule has 164 valence electrons. The highest BCUT2D eigenvalue weighted by atomic mass is 32.2. The summed E-state index contributed by atoms with van der Waals surface area (Å²) in [7, 11) is 0. The van der Waals surface area contributed by atoms with E-state index in [0.29, 0.717) is 13.0 Å². The van der Waals surface area contributed by atoms with Crippen molar-refractivity contribution in [3.05, 3.63) is 71.9 Å². The number of thioether (sulfide) groups is 1. The van der Waals surface area contributed by atoms with E-state index in [4.69, 9.17) is 0 Å². The van der Waals surface area contributed by atoms with E-state index < -0.39 is 12.0 Å². The summed E-state index contributed by atoms with van der Waals surface area (Å²) in [5.74, 6) is -1.29. The van der Waals surface area contributed by atoms with Crippen molar-refractivity contribution in [1.82, 2.24) is 4.90 Å². The van der Waals surface area contributed by atoms with Crippen LogP contribution in [0.4, 0.5) is 0 Å². The summed E-state index contributed by atoms with van der Waals surface area (Å²) < 4.78 is 1.98. The van der Waals surface area contributed by atoms with Crippen LogP contribution in [0.25, 0.3) is 10.9 Å². The smallest absolute Gasteiger partial charge is 0.327 e. The molecule has 2 aliphatic rings. The Kier molecular flexibility index (Phi) is 5.27. The molecule has 8 heteroatoms. The van der Waals surface area contributed by atoms with Gasteiger partial charge in [-0.1, -0.05) is 30.3 Å². The minimum atomic E-state index is -1.01. The standard InChI is InChI=1S/C24H22N2O5S/c27-12-10-17-22(29)26-20(24(30)31)21(32-23(17)26)16-8-6-14(7-9-16)13-25-11-2-4-15-3-1-5-18(28)19(15)25/h1-9,11,17,20-21,23,27H,10,12-13H2,(H-,28,30,31)/p+1/t17-,20?,21?,23+/m0/s1. The summed E-state index contributed by atoms with van der Waals surface area (Å²) in [6, 6.07) is 16.2. The Morgan fingerprint density at radius 2 is 1.84 bits per heavy atom. The number of fused-ring (bicyclic) bond motifs is 2. The number of carboxylic acids is 1. The lowest BCUT2D eigenvalue weighted by Crippen LogP contribution is -2.61.